The highest BCUT2D eigenvalue weighted by Gasteiger charge is 2.21. The van der Waals surface area contributed by atoms with Crippen LogP contribution in [0.2, 0.25) is 15.1 Å². The van der Waals surface area contributed by atoms with E-state index in [1.54, 1.807) is 0 Å². The van der Waals surface area contributed by atoms with Gasteiger partial charge in [0.05, 0.1) is 27.2 Å². The molecule has 0 unspecified atom stereocenters. The van der Waals surface area contributed by atoms with Crippen LogP contribution < -0.4 is 0 Å². The summed E-state index contributed by atoms with van der Waals surface area (Å²) in [7, 11) is 0. The molecule has 0 amide bonds. The number of aromatic nitrogens is 1. The van der Waals surface area contributed by atoms with Crippen molar-refractivity contribution in [1.82, 2.24) is 4.98 Å². The Morgan fingerprint density at radius 3 is 2.53 bits per heavy atom. The van der Waals surface area contributed by atoms with Crippen molar-refractivity contribution >= 4 is 40.5 Å². The fourth-order valence-corrected chi connectivity index (χ4v) is 2.20. The fourth-order valence-electron chi connectivity index (χ4n) is 1.50. The zero-order valence-electron chi connectivity index (χ0n) is 9.03. The van der Waals surface area contributed by atoms with Crippen LogP contribution in [0.15, 0.2) is 24.4 Å². The lowest BCUT2D eigenvalue weighted by Crippen LogP contribution is -1.97. The highest BCUT2D eigenvalue weighted by molar-refractivity contribution is 6.45. The highest BCUT2D eigenvalue weighted by Crippen LogP contribution is 2.39. The summed E-state index contributed by atoms with van der Waals surface area (Å²) in [6.45, 7) is 0. The quantitative estimate of drug-likeness (QED) is 0.455. The van der Waals surface area contributed by atoms with E-state index in [-0.39, 0.29) is 26.3 Å². The number of halogens is 4. The molecular formula is C11H4Cl3FN2O2. The molecule has 0 saturated heterocycles. The van der Waals surface area contributed by atoms with E-state index in [1.165, 1.54) is 12.1 Å². The molecule has 0 bridgehead atoms. The van der Waals surface area contributed by atoms with Gasteiger partial charge in [0.15, 0.2) is 0 Å². The molecule has 8 heteroatoms. The van der Waals surface area contributed by atoms with Gasteiger partial charge >= 0.3 is 0 Å². The van der Waals surface area contributed by atoms with Crippen LogP contribution in [0.5, 0.6) is 0 Å². The van der Waals surface area contributed by atoms with Crippen molar-refractivity contribution in [2.45, 2.75) is 0 Å². The molecule has 0 saturated carbocycles. The lowest BCUT2D eigenvalue weighted by molar-refractivity contribution is -0.384. The first-order chi connectivity index (χ1) is 8.90. The number of hydrogen-bond acceptors (Lipinski definition) is 3. The van der Waals surface area contributed by atoms with Gasteiger partial charge in [0.1, 0.15) is 11.5 Å². The minimum atomic E-state index is -0.820. The SMILES string of the molecule is O=[N+]([O-])c1cc(F)cnc1-c1cc(Cl)cc(Cl)c1Cl. The second kappa shape index (κ2) is 5.28. The van der Waals surface area contributed by atoms with Crippen molar-refractivity contribution < 1.29 is 9.31 Å². The van der Waals surface area contributed by atoms with Crippen molar-refractivity contribution in [2.75, 3.05) is 0 Å². The van der Waals surface area contributed by atoms with Crippen LogP contribution in [0.4, 0.5) is 10.1 Å². The number of benzene rings is 1. The average molecular weight is 322 g/mol. The first-order valence-electron chi connectivity index (χ1n) is 4.85. The normalized spacial score (nSPS) is 10.5. The average Bonchev–Trinajstić information content (AvgIpc) is 2.34. The molecule has 0 aliphatic carbocycles. The van der Waals surface area contributed by atoms with Crippen LogP contribution in [0, 0.1) is 15.9 Å². The van der Waals surface area contributed by atoms with Crippen LogP contribution in [-0.4, -0.2) is 9.91 Å². The van der Waals surface area contributed by atoms with E-state index in [0.29, 0.717) is 0 Å². The summed E-state index contributed by atoms with van der Waals surface area (Å²) in [5, 5.41) is 11.4. The Bertz CT molecular complexity index is 679. The largest absolute Gasteiger partial charge is 0.298 e. The molecule has 0 fully saturated rings. The molecule has 0 atom stereocenters. The fraction of sp³-hybridized carbons (Fsp3) is 0. The standard InChI is InChI=1S/C11H4Cl3FN2O2/c12-5-1-7(10(14)8(13)2-5)11-9(17(18)19)3-6(15)4-16-11/h1-4H. The molecule has 4 nitrogen and oxygen atoms in total. The third-order valence-electron chi connectivity index (χ3n) is 2.28. The molecule has 1 aromatic carbocycles. The van der Waals surface area contributed by atoms with Gasteiger partial charge in [-0.2, -0.15) is 0 Å². The molecule has 1 heterocycles. The number of pyridine rings is 1. The van der Waals surface area contributed by atoms with Crippen LogP contribution in [0.3, 0.4) is 0 Å². The van der Waals surface area contributed by atoms with E-state index in [2.05, 4.69) is 4.98 Å². The lowest BCUT2D eigenvalue weighted by atomic mass is 10.1. The van der Waals surface area contributed by atoms with E-state index in [4.69, 9.17) is 34.8 Å². The summed E-state index contributed by atoms with van der Waals surface area (Å²) in [4.78, 5) is 13.9. The number of hydrogen-bond donors (Lipinski definition) is 0. The van der Waals surface area contributed by atoms with Crippen LogP contribution in [0.1, 0.15) is 0 Å². The van der Waals surface area contributed by atoms with E-state index >= 15 is 0 Å². The number of nitro groups is 1. The molecule has 0 aliphatic rings. The molecule has 98 valence electrons. The molecule has 1 aromatic heterocycles. The van der Waals surface area contributed by atoms with Crippen molar-refractivity contribution in [1.29, 1.82) is 0 Å². The van der Waals surface area contributed by atoms with Gasteiger partial charge in [0, 0.05) is 10.6 Å². The number of rotatable bonds is 2. The van der Waals surface area contributed by atoms with Gasteiger partial charge in [-0.3, -0.25) is 10.1 Å². The summed E-state index contributed by atoms with van der Waals surface area (Å²) in [5.74, 6) is -0.820. The monoisotopic (exact) mass is 320 g/mol. The first kappa shape index (κ1) is 14.0. The maximum absolute atomic E-state index is 13.0. The van der Waals surface area contributed by atoms with Crippen molar-refractivity contribution in [2.24, 2.45) is 0 Å². The molecule has 19 heavy (non-hydrogen) atoms. The molecular weight excluding hydrogens is 317 g/mol. The summed E-state index contributed by atoms with van der Waals surface area (Å²) < 4.78 is 13.0. The van der Waals surface area contributed by atoms with E-state index in [0.717, 1.165) is 12.3 Å². The van der Waals surface area contributed by atoms with Gasteiger partial charge in [-0.15, -0.1) is 0 Å². The molecule has 0 N–H and O–H groups in total. The van der Waals surface area contributed by atoms with Gasteiger partial charge in [-0.25, -0.2) is 9.37 Å². The topological polar surface area (TPSA) is 56.0 Å². The van der Waals surface area contributed by atoms with Gasteiger partial charge < -0.3 is 0 Å². The Kier molecular flexibility index (Phi) is 3.89. The Balaban J connectivity index is 2.75. The molecule has 2 rings (SSSR count). The van der Waals surface area contributed by atoms with Gasteiger partial charge in [-0.1, -0.05) is 34.8 Å². The van der Waals surface area contributed by atoms with E-state index in [9.17, 15) is 14.5 Å². The third kappa shape index (κ3) is 2.78. The van der Waals surface area contributed by atoms with Crippen molar-refractivity contribution in [3.63, 3.8) is 0 Å². The predicted molar refractivity (Wildman–Crippen MR) is 71.3 cm³/mol. The maximum Gasteiger partial charge on any atom is 0.298 e. The molecule has 0 radical (unpaired) electrons. The van der Waals surface area contributed by atoms with Crippen molar-refractivity contribution in [3.8, 4) is 11.3 Å². The maximum atomic E-state index is 13.0. The first-order valence-corrected chi connectivity index (χ1v) is 5.98. The second-order valence-electron chi connectivity index (χ2n) is 3.53. The van der Waals surface area contributed by atoms with E-state index < -0.39 is 16.4 Å². The third-order valence-corrected chi connectivity index (χ3v) is 3.30. The minimum absolute atomic E-state index is 0.0632. The summed E-state index contributed by atoms with van der Waals surface area (Å²) in [6, 6.07) is 3.53. The van der Waals surface area contributed by atoms with Crippen molar-refractivity contribution in [3.05, 3.63) is 55.4 Å². The van der Waals surface area contributed by atoms with Crippen LogP contribution >= 0.6 is 34.8 Å². The Morgan fingerprint density at radius 1 is 1.21 bits per heavy atom. The Morgan fingerprint density at radius 2 is 1.89 bits per heavy atom. The smallest absolute Gasteiger partial charge is 0.258 e. The zero-order valence-corrected chi connectivity index (χ0v) is 11.3. The summed E-state index contributed by atoms with van der Waals surface area (Å²) in [5.41, 5.74) is -0.438. The second-order valence-corrected chi connectivity index (χ2v) is 4.75. The zero-order chi connectivity index (χ0) is 14.2. The Labute approximate surface area is 121 Å². The van der Waals surface area contributed by atoms with Crippen LogP contribution in [0.25, 0.3) is 11.3 Å². The van der Waals surface area contributed by atoms with Gasteiger partial charge in [0.2, 0.25) is 0 Å². The molecule has 0 spiro atoms. The van der Waals surface area contributed by atoms with Gasteiger partial charge in [-0.05, 0) is 12.1 Å². The molecule has 2 aromatic rings. The Hall–Kier alpha value is -1.43. The summed E-state index contributed by atoms with van der Waals surface area (Å²) in [6.07, 6.45) is 0.855. The van der Waals surface area contributed by atoms with Gasteiger partial charge in [0.25, 0.3) is 5.69 Å². The van der Waals surface area contributed by atoms with Crippen LogP contribution in [-0.2, 0) is 0 Å². The molecule has 0 aliphatic heterocycles. The lowest BCUT2D eigenvalue weighted by Gasteiger charge is -2.07. The highest BCUT2D eigenvalue weighted by atomic mass is 35.5. The predicted octanol–water partition coefficient (Wildman–Crippen LogP) is 4.76. The minimum Gasteiger partial charge on any atom is -0.258 e. The van der Waals surface area contributed by atoms with E-state index in [1.807, 2.05) is 0 Å². The number of nitrogens with zero attached hydrogens (tertiary/aromatic N) is 2. The summed E-state index contributed by atoms with van der Waals surface area (Å²) >= 11 is 17.6.